The van der Waals surface area contributed by atoms with E-state index in [0.29, 0.717) is 35.7 Å². The number of thioether (sulfide) groups is 1. The Hall–Kier alpha value is -1.73. The first-order chi connectivity index (χ1) is 11.9. The summed E-state index contributed by atoms with van der Waals surface area (Å²) in [6.07, 6.45) is 3.19. The number of nitrogens with two attached hydrogens (primary N) is 1. The molecule has 140 valence electrons. The molecule has 7 heteroatoms. The number of benzene rings is 1. The molecule has 0 heterocycles. The van der Waals surface area contributed by atoms with Gasteiger partial charge >= 0.3 is 5.97 Å². The van der Waals surface area contributed by atoms with Crippen LogP contribution >= 0.6 is 11.8 Å². The Kier molecular flexibility index (Phi) is 9.37. The van der Waals surface area contributed by atoms with Gasteiger partial charge in [-0.15, -0.1) is 0 Å². The van der Waals surface area contributed by atoms with Gasteiger partial charge in [0.1, 0.15) is 17.5 Å². The Labute approximate surface area is 152 Å². The summed E-state index contributed by atoms with van der Waals surface area (Å²) in [7, 11) is 0. The quantitative estimate of drug-likeness (QED) is 0.384. The number of aliphatic carboxylic acids is 1. The van der Waals surface area contributed by atoms with Crippen molar-refractivity contribution < 1.29 is 24.5 Å². The molecule has 1 atom stereocenters. The Bertz CT molecular complexity index is 591. The van der Waals surface area contributed by atoms with Gasteiger partial charge in [0.2, 0.25) is 0 Å². The average molecular weight is 369 g/mol. The molecule has 0 aromatic heterocycles. The maximum Gasteiger partial charge on any atom is 0.321 e. The molecule has 0 aliphatic rings. The third-order valence-electron chi connectivity index (χ3n) is 3.67. The number of phenolic OH excluding ortho intramolecular Hbond substituents is 1. The van der Waals surface area contributed by atoms with E-state index in [-0.39, 0.29) is 11.5 Å². The molecule has 0 saturated heterocycles. The summed E-state index contributed by atoms with van der Waals surface area (Å²) in [5.41, 5.74) is 6.43. The van der Waals surface area contributed by atoms with Crippen molar-refractivity contribution in [3.8, 4) is 11.5 Å². The van der Waals surface area contributed by atoms with Crippen molar-refractivity contribution in [2.75, 3.05) is 18.1 Å². The number of hydrogen-bond donors (Lipinski definition) is 3. The van der Waals surface area contributed by atoms with Crippen LogP contribution in [0.15, 0.2) is 12.1 Å². The number of carboxylic acid groups (broad SMARTS) is 1. The Balaban J connectivity index is 2.45. The summed E-state index contributed by atoms with van der Waals surface area (Å²) in [5.74, 6) is 0.707. The Morgan fingerprint density at radius 1 is 1.32 bits per heavy atom. The molecule has 1 aromatic carbocycles. The van der Waals surface area contributed by atoms with Crippen LogP contribution in [0.25, 0.3) is 0 Å². The van der Waals surface area contributed by atoms with Crippen LogP contribution in [0.3, 0.4) is 0 Å². The second kappa shape index (κ2) is 11.0. The van der Waals surface area contributed by atoms with Gasteiger partial charge in [0.25, 0.3) is 0 Å². The topological polar surface area (TPSA) is 110 Å². The minimum Gasteiger partial charge on any atom is -0.507 e. The minimum absolute atomic E-state index is 0.0186. The monoisotopic (exact) mass is 369 g/mol. The molecule has 1 aromatic rings. The predicted molar refractivity (Wildman–Crippen MR) is 99.8 cm³/mol. The number of ketones is 1. The summed E-state index contributed by atoms with van der Waals surface area (Å²) in [6.45, 7) is 3.93. The molecular weight excluding hydrogens is 342 g/mol. The van der Waals surface area contributed by atoms with Gasteiger partial charge in [-0.3, -0.25) is 9.59 Å². The van der Waals surface area contributed by atoms with Crippen molar-refractivity contribution in [1.29, 1.82) is 0 Å². The zero-order chi connectivity index (χ0) is 18.8. The molecular formula is C18H27NO5S. The molecule has 25 heavy (non-hydrogen) atoms. The van der Waals surface area contributed by atoms with Gasteiger partial charge in [0.15, 0.2) is 5.78 Å². The van der Waals surface area contributed by atoms with Crippen molar-refractivity contribution in [2.24, 2.45) is 5.73 Å². The highest BCUT2D eigenvalue weighted by Crippen LogP contribution is 2.33. The van der Waals surface area contributed by atoms with Crippen molar-refractivity contribution in [3.05, 3.63) is 23.3 Å². The van der Waals surface area contributed by atoms with Crippen molar-refractivity contribution in [1.82, 2.24) is 0 Å². The van der Waals surface area contributed by atoms with E-state index in [1.54, 1.807) is 12.1 Å². The lowest BCUT2D eigenvalue weighted by Crippen LogP contribution is -2.32. The summed E-state index contributed by atoms with van der Waals surface area (Å²) >= 11 is 1.52. The predicted octanol–water partition coefficient (Wildman–Crippen LogP) is 2.85. The van der Waals surface area contributed by atoms with E-state index in [0.717, 1.165) is 25.0 Å². The van der Waals surface area contributed by atoms with Crippen LogP contribution in [-0.2, 0) is 11.2 Å². The summed E-state index contributed by atoms with van der Waals surface area (Å²) in [4.78, 5) is 22.1. The number of rotatable bonds is 12. The van der Waals surface area contributed by atoms with Crippen LogP contribution in [0.4, 0.5) is 0 Å². The number of aromatic hydroxyl groups is 1. The number of ether oxygens (including phenoxy) is 1. The normalized spacial score (nSPS) is 12.0. The summed E-state index contributed by atoms with van der Waals surface area (Å²) in [5, 5.41) is 19.0. The van der Waals surface area contributed by atoms with E-state index >= 15 is 0 Å². The van der Waals surface area contributed by atoms with E-state index in [1.807, 2.05) is 6.92 Å². The summed E-state index contributed by atoms with van der Waals surface area (Å²) < 4.78 is 5.77. The van der Waals surface area contributed by atoms with Gasteiger partial charge in [0, 0.05) is 11.3 Å². The maximum absolute atomic E-state index is 11.5. The second-order valence-corrected chi connectivity index (χ2v) is 6.97. The molecule has 0 saturated carbocycles. The first-order valence-corrected chi connectivity index (χ1v) is 9.58. The number of hydrogen-bond acceptors (Lipinski definition) is 6. The van der Waals surface area contributed by atoms with Crippen LogP contribution in [0.1, 0.15) is 49.0 Å². The smallest absolute Gasteiger partial charge is 0.321 e. The second-order valence-electron chi connectivity index (χ2n) is 5.82. The van der Waals surface area contributed by atoms with Crippen molar-refractivity contribution in [3.63, 3.8) is 0 Å². The highest BCUT2D eigenvalue weighted by atomic mass is 32.2. The van der Waals surface area contributed by atoms with Crippen LogP contribution in [0, 0.1) is 0 Å². The molecule has 0 aliphatic carbocycles. The third kappa shape index (κ3) is 6.96. The highest BCUT2D eigenvalue weighted by Gasteiger charge is 2.15. The Morgan fingerprint density at radius 3 is 2.64 bits per heavy atom. The number of phenols is 1. The number of carboxylic acids is 1. The molecule has 0 radical (unpaired) electrons. The van der Waals surface area contributed by atoms with E-state index < -0.39 is 12.0 Å². The van der Waals surface area contributed by atoms with Gasteiger partial charge in [-0.05, 0) is 44.1 Å². The molecule has 1 rings (SSSR count). The molecule has 0 bridgehead atoms. The maximum atomic E-state index is 11.5. The van der Waals surface area contributed by atoms with E-state index in [9.17, 15) is 14.7 Å². The minimum atomic E-state index is -0.979. The lowest BCUT2D eigenvalue weighted by atomic mass is 10.0. The number of carbonyl (C=O) groups excluding carboxylic acids is 1. The van der Waals surface area contributed by atoms with Crippen LogP contribution in [0.5, 0.6) is 11.5 Å². The fraction of sp³-hybridized carbons (Fsp3) is 0.556. The fourth-order valence-electron chi connectivity index (χ4n) is 2.30. The van der Waals surface area contributed by atoms with Crippen LogP contribution in [0.2, 0.25) is 0 Å². The van der Waals surface area contributed by atoms with Gasteiger partial charge < -0.3 is 20.7 Å². The van der Waals surface area contributed by atoms with Crippen LogP contribution in [-0.4, -0.2) is 46.1 Å². The van der Waals surface area contributed by atoms with Crippen molar-refractivity contribution in [2.45, 2.75) is 45.6 Å². The lowest BCUT2D eigenvalue weighted by molar-refractivity contribution is -0.137. The Morgan fingerprint density at radius 2 is 2.04 bits per heavy atom. The standard InChI is InChI=1S/C18H27NO5S/c1-3-6-14-16(8-7-13(12(2)20)17(14)21)24-9-4-5-10-25-11-15(19)18(22)23/h7-8,15,21H,3-6,9-11,19H2,1-2H3,(H,22,23)/t15-/m0/s1. The molecule has 6 nitrogen and oxygen atoms in total. The van der Waals surface area contributed by atoms with Gasteiger partial charge in [0.05, 0.1) is 12.2 Å². The van der Waals surface area contributed by atoms with E-state index in [2.05, 4.69) is 0 Å². The molecule has 0 unspecified atom stereocenters. The van der Waals surface area contributed by atoms with Gasteiger partial charge in [-0.25, -0.2) is 0 Å². The van der Waals surface area contributed by atoms with E-state index in [4.69, 9.17) is 15.6 Å². The molecule has 0 fully saturated rings. The molecule has 0 spiro atoms. The number of unbranched alkanes of at least 4 members (excludes halogenated alkanes) is 1. The lowest BCUT2D eigenvalue weighted by Gasteiger charge is -2.14. The highest BCUT2D eigenvalue weighted by molar-refractivity contribution is 7.99. The molecule has 4 N–H and O–H groups in total. The number of Topliss-reactive ketones (excluding diaryl/α,β-unsaturated/α-hetero) is 1. The zero-order valence-corrected chi connectivity index (χ0v) is 15.6. The molecule has 0 amide bonds. The van der Waals surface area contributed by atoms with Crippen LogP contribution < -0.4 is 10.5 Å². The first-order valence-electron chi connectivity index (χ1n) is 8.43. The summed E-state index contributed by atoms with van der Waals surface area (Å²) in [6, 6.07) is 2.51. The van der Waals surface area contributed by atoms with E-state index in [1.165, 1.54) is 18.7 Å². The zero-order valence-electron chi connectivity index (χ0n) is 14.8. The molecule has 0 aliphatic heterocycles. The van der Waals surface area contributed by atoms with Crippen molar-refractivity contribution >= 4 is 23.5 Å². The van der Waals surface area contributed by atoms with Gasteiger partial charge in [-0.2, -0.15) is 11.8 Å². The number of carbonyl (C=O) groups is 2. The average Bonchev–Trinajstić information content (AvgIpc) is 2.56. The van der Waals surface area contributed by atoms with Gasteiger partial charge in [-0.1, -0.05) is 13.3 Å². The fourth-order valence-corrected chi connectivity index (χ4v) is 3.27. The SMILES string of the molecule is CCCc1c(OCCCCSC[C@H](N)C(=O)O)ccc(C(C)=O)c1O. The largest absolute Gasteiger partial charge is 0.507 e. The first kappa shape index (κ1) is 21.3. The third-order valence-corrected chi connectivity index (χ3v) is 4.85.